The number of aromatic nitrogens is 1. The Labute approximate surface area is 186 Å². The number of hydrogen-bond acceptors (Lipinski definition) is 5. The van der Waals surface area contributed by atoms with Crippen molar-refractivity contribution in [3.8, 4) is 0 Å². The van der Waals surface area contributed by atoms with E-state index in [4.69, 9.17) is 0 Å². The fraction of sp³-hybridized carbons (Fsp3) is 0.522. The van der Waals surface area contributed by atoms with Crippen molar-refractivity contribution in [1.82, 2.24) is 14.8 Å². The summed E-state index contributed by atoms with van der Waals surface area (Å²) in [6.45, 7) is 4.52. The molecule has 0 unspecified atom stereocenters. The van der Waals surface area contributed by atoms with E-state index >= 15 is 0 Å². The number of benzene rings is 1. The highest BCUT2D eigenvalue weighted by Gasteiger charge is 2.28. The Balaban J connectivity index is 1.33. The van der Waals surface area contributed by atoms with Crippen molar-refractivity contribution < 1.29 is 9.59 Å². The standard InChI is InChI=1S/C23H29N3O2S2/c1-17-24-19(15-29-17)16-30-21-9-5-4-8-20(21)23(28)26-12-10-25(11-13-26)22(27)14-18-6-2-3-7-18/h4-5,8-9,15,18H,2-3,6-7,10-14,16H2,1H3. The predicted molar refractivity (Wildman–Crippen MR) is 122 cm³/mol. The molecule has 2 aliphatic rings. The molecule has 1 aliphatic heterocycles. The molecule has 2 aromatic rings. The van der Waals surface area contributed by atoms with Crippen LogP contribution in [0, 0.1) is 12.8 Å². The maximum absolute atomic E-state index is 13.2. The van der Waals surface area contributed by atoms with Crippen molar-refractivity contribution in [1.29, 1.82) is 0 Å². The topological polar surface area (TPSA) is 53.5 Å². The number of piperazine rings is 1. The van der Waals surface area contributed by atoms with Gasteiger partial charge in [0.15, 0.2) is 0 Å². The van der Waals surface area contributed by atoms with Gasteiger partial charge in [0, 0.05) is 48.6 Å². The van der Waals surface area contributed by atoms with Crippen molar-refractivity contribution in [3.05, 3.63) is 45.9 Å². The zero-order chi connectivity index (χ0) is 20.9. The van der Waals surface area contributed by atoms with Crippen molar-refractivity contribution >= 4 is 34.9 Å². The van der Waals surface area contributed by atoms with Crippen LogP contribution < -0.4 is 0 Å². The summed E-state index contributed by atoms with van der Waals surface area (Å²) < 4.78 is 0. The minimum atomic E-state index is 0.0652. The van der Waals surface area contributed by atoms with Gasteiger partial charge in [0.1, 0.15) is 0 Å². The molecule has 7 heteroatoms. The second-order valence-electron chi connectivity index (χ2n) is 8.17. The van der Waals surface area contributed by atoms with E-state index in [0.717, 1.165) is 26.9 Å². The first-order chi connectivity index (χ1) is 14.6. The molecule has 1 aromatic heterocycles. The first-order valence-corrected chi connectivity index (χ1v) is 12.7. The lowest BCUT2D eigenvalue weighted by Crippen LogP contribution is -2.50. The summed E-state index contributed by atoms with van der Waals surface area (Å²) in [6.07, 6.45) is 5.60. The Morgan fingerprint density at radius 2 is 1.80 bits per heavy atom. The average Bonchev–Trinajstić information content (AvgIpc) is 3.43. The fourth-order valence-electron chi connectivity index (χ4n) is 4.32. The summed E-state index contributed by atoms with van der Waals surface area (Å²) in [5, 5.41) is 3.14. The van der Waals surface area contributed by atoms with Gasteiger partial charge in [0.05, 0.1) is 16.3 Å². The van der Waals surface area contributed by atoms with Gasteiger partial charge in [-0.05, 0) is 37.8 Å². The summed E-state index contributed by atoms with van der Waals surface area (Å²) in [5.74, 6) is 1.67. The average molecular weight is 444 g/mol. The van der Waals surface area contributed by atoms with Gasteiger partial charge in [-0.15, -0.1) is 23.1 Å². The summed E-state index contributed by atoms with van der Waals surface area (Å²) in [5.41, 5.74) is 1.80. The number of carbonyl (C=O) groups excluding carboxylic acids is 2. The quantitative estimate of drug-likeness (QED) is 0.612. The number of hydrogen-bond donors (Lipinski definition) is 0. The molecule has 4 rings (SSSR count). The molecule has 0 bridgehead atoms. The minimum absolute atomic E-state index is 0.0652. The lowest BCUT2D eigenvalue weighted by molar-refractivity contribution is -0.133. The lowest BCUT2D eigenvalue weighted by Gasteiger charge is -2.35. The number of thiazole rings is 1. The van der Waals surface area contributed by atoms with Crippen LogP contribution in [-0.4, -0.2) is 52.8 Å². The molecule has 0 atom stereocenters. The van der Waals surface area contributed by atoms with Crippen molar-refractivity contribution in [2.45, 2.75) is 49.7 Å². The Bertz CT molecular complexity index is 884. The van der Waals surface area contributed by atoms with Crippen LogP contribution in [0.4, 0.5) is 0 Å². The van der Waals surface area contributed by atoms with Crippen LogP contribution in [0.3, 0.4) is 0 Å². The number of amides is 2. The third kappa shape index (κ3) is 5.24. The highest BCUT2D eigenvalue weighted by atomic mass is 32.2. The molecule has 1 saturated carbocycles. The number of rotatable bonds is 6. The Morgan fingerprint density at radius 3 is 2.50 bits per heavy atom. The summed E-state index contributed by atoms with van der Waals surface area (Å²) in [6, 6.07) is 7.82. The third-order valence-corrected chi connectivity index (χ3v) is 7.95. The van der Waals surface area contributed by atoms with Gasteiger partial charge in [-0.25, -0.2) is 4.98 Å². The van der Waals surface area contributed by atoms with Gasteiger partial charge in [-0.1, -0.05) is 25.0 Å². The monoisotopic (exact) mass is 443 g/mol. The van der Waals surface area contributed by atoms with Crippen LogP contribution in [0.1, 0.15) is 53.2 Å². The Kier molecular flexibility index (Phi) is 7.10. The largest absolute Gasteiger partial charge is 0.339 e. The number of nitrogens with zero attached hydrogens (tertiary/aromatic N) is 3. The molecular weight excluding hydrogens is 414 g/mol. The van der Waals surface area contributed by atoms with Gasteiger partial charge in [0.25, 0.3) is 5.91 Å². The second kappa shape index (κ2) is 9.96. The van der Waals surface area contributed by atoms with E-state index < -0.39 is 0 Å². The Morgan fingerprint density at radius 1 is 1.10 bits per heavy atom. The first-order valence-electron chi connectivity index (χ1n) is 10.8. The van der Waals surface area contributed by atoms with Crippen LogP contribution in [-0.2, 0) is 10.5 Å². The van der Waals surface area contributed by atoms with Crippen molar-refractivity contribution in [2.24, 2.45) is 5.92 Å². The smallest absolute Gasteiger partial charge is 0.255 e. The second-order valence-corrected chi connectivity index (χ2v) is 10.2. The molecule has 1 aromatic carbocycles. The van der Waals surface area contributed by atoms with Crippen molar-refractivity contribution in [2.75, 3.05) is 26.2 Å². The van der Waals surface area contributed by atoms with E-state index in [-0.39, 0.29) is 11.8 Å². The molecule has 2 heterocycles. The number of thioether (sulfide) groups is 1. The van der Waals surface area contributed by atoms with Gasteiger partial charge < -0.3 is 9.80 Å². The number of carbonyl (C=O) groups is 2. The van der Waals surface area contributed by atoms with E-state index in [9.17, 15) is 9.59 Å². The van der Waals surface area contributed by atoms with E-state index in [2.05, 4.69) is 10.4 Å². The van der Waals surface area contributed by atoms with E-state index in [1.165, 1.54) is 25.7 Å². The third-order valence-electron chi connectivity index (χ3n) is 6.02. The van der Waals surface area contributed by atoms with Gasteiger partial charge in [0.2, 0.25) is 5.91 Å². The van der Waals surface area contributed by atoms with Crippen LogP contribution in [0.15, 0.2) is 34.5 Å². The molecule has 2 amide bonds. The van der Waals surface area contributed by atoms with E-state index in [0.29, 0.717) is 38.5 Å². The minimum Gasteiger partial charge on any atom is -0.339 e. The maximum atomic E-state index is 13.2. The summed E-state index contributed by atoms with van der Waals surface area (Å²) >= 11 is 3.31. The lowest BCUT2D eigenvalue weighted by atomic mass is 10.0. The molecular formula is C23H29N3O2S2. The molecule has 5 nitrogen and oxygen atoms in total. The molecule has 1 saturated heterocycles. The zero-order valence-corrected chi connectivity index (χ0v) is 19.1. The van der Waals surface area contributed by atoms with Crippen LogP contribution in [0.2, 0.25) is 0 Å². The fourth-order valence-corrected chi connectivity index (χ4v) is 5.97. The maximum Gasteiger partial charge on any atom is 0.255 e. The highest BCUT2D eigenvalue weighted by Crippen LogP contribution is 2.29. The van der Waals surface area contributed by atoms with Crippen LogP contribution in [0.25, 0.3) is 0 Å². The molecule has 0 spiro atoms. The molecule has 0 radical (unpaired) electrons. The summed E-state index contributed by atoms with van der Waals surface area (Å²) in [7, 11) is 0. The molecule has 0 N–H and O–H groups in total. The van der Waals surface area contributed by atoms with Crippen LogP contribution >= 0.6 is 23.1 Å². The van der Waals surface area contributed by atoms with Gasteiger partial charge >= 0.3 is 0 Å². The molecule has 30 heavy (non-hydrogen) atoms. The summed E-state index contributed by atoms with van der Waals surface area (Å²) in [4.78, 5) is 35.1. The highest BCUT2D eigenvalue weighted by molar-refractivity contribution is 7.98. The van der Waals surface area contributed by atoms with Crippen LogP contribution in [0.5, 0.6) is 0 Å². The van der Waals surface area contributed by atoms with Gasteiger partial charge in [-0.3, -0.25) is 9.59 Å². The Hall–Kier alpha value is -1.86. The van der Waals surface area contributed by atoms with Gasteiger partial charge in [-0.2, -0.15) is 0 Å². The zero-order valence-electron chi connectivity index (χ0n) is 17.5. The first kappa shape index (κ1) is 21.4. The number of aryl methyl sites for hydroxylation is 1. The molecule has 1 aliphatic carbocycles. The molecule has 160 valence electrons. The van der Waals surface area contributed by atoms with E-state index in [1.807, 2.05) is 41.0 Å². The predicted octanol–water partition coefficient (Wildman–Crippen LogP) is 4.61. The van der Waals surface area contributed by atoms with Crippen molar-refractivity contribution in [3.63, 3.8) is 0 Å². The van der Waals surface area contributed by atoms with E-state index in [1.54, 1.807) is 23.1 Å². The molecule has 2 fully saturated rings. The normalized spacial score (nSPS) is 17.5. The SMILES string of the molecule is Cc1nc(CSc2ccccc2C(=O)N2CCN(C(=O)CC3CCCC3)CC2)cs1.